The normalized spacial score (nSPS) is 21.8. The van der Waals surface area contributed by atoms with Gasteiger partial charge in [-0.05, 0) is 18.8 Å². The summed E-state index contributed by atoms with van der Waals surface area (Å²) < 4.78 is 0. The Hall–Kier alpha value is -0.120. The van der Waals surface area contributed by atoms with Gasteiger partial charge >= 0.3 is 0 Å². The molecule has 0 aromatic carbocycles. The standard InChI is InChI=1S/C8H18N2O/c1-10(11-2)6-8(9)7-4-3-5-7/h7-8H,3-6,9H2,1-2H3. The maximum absolute atomic E-state index is 5.93. The monoisotopic (exact) mass is 158 g/mol. The molecule has 0 aliphatic heterocycles. The summed E-state index contributed by atoms with van der Waals surface area (Å²) in [7, 11) is 3.59. The molecule has 2 N–H and O–H groups in total. The van der Waals surface area contributed by atoms with E-state index in [1.807, 2.05) is 7.05 Å². The van der Waals surface area contributed by atoms with Crippen LogP contribution in [0.3, 0.4) is 0 Å². The molecule has 0 heterocycles. The van der Waals surface area contributed by atoms with E-state index in [0.29, 0.717) is 6.04 Å². The number of likely N-dealkylation sites (N-methyl/N-ethyl adjacent to an activating group) is 1. The summed E-state index contributed by atoms with van der Waals surface area (Å²) >= 11 is 0. The van der Waals surface area contributed by atoms with E-state index >= 15 is 0 Å². The number of hydrogen-bond acceptors (Lipinski definition) is 3. The fraction of sp³-hybridized carbons (Fsp3) is 1.00. The van der Waals surface area contributed by atoms with Crippen LogP contribution in [0, 0.1) is 5.92 Å². The average Bonchev–Trinajstić information content (AvgIpc) is 1.83. The molecule has 3 nitrogen and oxygen atoms in total. The minimum atomic E-state index is 0.300. The third kappa shape index (κ3) is 2.43. The molecule has 1 saturated carbocycles. The highest BCUT2D eigenvalue weighted by molar-refractivity contribution is 4.80. The third-order valence-electron chi connectivity index (χ3n) is 2.53. The molecule has 1 unspecified atom stereocenters. The molecule has 11 heavy (non-hydrogen) atoms. The lowest BCUT2D eigenvalue weighted by Gasteiger charge is -2.32. The summed E-state index contributed by atoms with van der Waals surface area (Å²) in [6.07, 6.45) is 3.96. The van der Waals surface area contributed by atoms with Crippen LogP contribution < -0.4 is 5.73 Å². The second-order valence-electron chi connectivity index (χ2n) is 3.35. The maximum atomic E-state index is 5.93. The largest absolute Gasteiger partial charge is 0.326 e. The van der Waals surface area contributed by atoms with Gasteiger partial charge in [-0.1, -0.05) is 6.42 Å². The quantitative estimate of drug-likeness (QED) is 0.609. The van der Waals surface area contributed by atoms with Gasteiger partial charge in [0.2, 0.25) is 0 Å². The van der Waals surface area contributed by atoms with Crippen LogP contribution in [0.1, 0.15) is 19.3 Å². The molecule has 1 rings (SSSR count). The molecular formula is C8H18N2O. The van der Waals surface area contributed by atoms with Crippen LogP contribution in [0.4, 0.5) is 0 Å². The summed E-state index contributed by atoms with van der Waals surface area (Å²) in [6.45, 7) is 0.848. The average molecular weight is 158 g/mol. The molecule has 1 aliphatic carbocycles. The molecule has 0 aromatic heterocycles. The molecule has 0 amide bonds. The molecule has 3 heteroatoms. The lowest BCUT2D eigenvalue weighted by atomic mass is 9.80. The Morgan fingerprint density at radius 1 is 1.64 bits per heavy atom. The molecular weight excluding hydrogens is 140 g/mol. The zero-order valence-electron chi connectivity index (χ0n) is 7.42. The predicted molar refractivity (Wildman–Crippen MR) is 45.0 cm³/mol. The maximum Gasteiger partial charge on any atom is 0.0575 e. The Balaban J connectivity index is 2.13. The van der Waals surface area contributed by atoms with E-state index in [9.17, 15) is 0 Å². The predicted octanol–water partition coefficient (Wildman–Crippen LogP) is 0.607. The van der Waals surface area contributed by atoms with Crippen molar-refractivity contribution >= 4 is 0 Å². The Kier molecular flexibility index (Phi) is 3.30. The first-order valence-electron chi connectivity index (χ1n) is 4.25. The Bertz CT molecular complexity index is 115. The fourth-order valence-corrected chi connectivity index (χ4v) is 1.39. The van der Waals surface area contributed by atoms with Gasteiger partial charge in [0.15, 0.2) is 0 Å². The number of nitrogens with two attached hydrogens (primary N) is 1. The van der Waals surface area contributed by atoms with Crippen molar-refractivity contribution in [3.05, 3.63) is 0 Å². The number of nitrogens with zero attached hydrogens (tertiary/aromatic N) is 1. The topological polar surface area (TPSA) is 38.5 Å². The van der Waals surface area contributed by atoms with Crippen LogP contribution in [0.15, 0.2) is 0 Å². The summed E-state index contributed by atoms with van der Waals surface area (Å²) in [5.41, 5.74) is 5.93. The molecule has 1 fully saturated rings. The lowest BCUT2D eigenvalue weighted by molar-refractivity contribution is -0.116. The first-order valence-corrected chi connectivity index (χ1v) is 4.25. The molecule has 0 saturated heterocycles. The van der Waals surface area contributed by atoms with Crippen molar-refractivity contribution in [2.75, 3.05) is 20.7 Å². The van der Waals surface area contributed by atoms with E-state index < -0.39 is 0 Å². The van der Waals surface area contributed by atoms with Crippen molar-refractivity contribution in [1.82, 2.24) is 5.06 Å². The number of rotatable bonds is 4. The molecule has 66 valence electrons. The van der Waals surface area contributed by atoms with Crippen molar-refractivity contribution < 1.29 is 4.84 Å². The van der Waals surface area contributed by atoms with Crippen LogP contribution in [0.2, 0.25) is 0 Å². The van der Waals surface area contributed by atoms with Crippen molar-refractivity contribution in [1.29, 1.82) is 0 Å². The van der Waals surface area contributed by atoms with Crippen molar-refractivity contribution in [3.63, 3.8) is 0 Å². The molecule has 0 spiro atoms. The van der Waals surface area contributed by atoms with E-state index in [2.05, 4.69) is 0 Å². The second-order valence-corrected chi connectivity index (χ2v) is 3.35. The fourth-order valence-electron chi connectivity index (χ4n) is 1.39. The minimum Gasteiger partial charge on any atom is -0.326 e. The van der Waals surface area contributed by atoms with Gasteiger partial charge in [0.1, 0.15) is 0 Å². The van der Waals surface area contributed by atoms with Crippen LogP contribution in [-0.4, -0.2) is 31.8 Å². The molecule has 0 aromatic rings. The first-order chi connectivity index (χ1) is 5.24. The van der Waals surface area contributed by atoms with Crippen molar-refractivity contribution in [2.24, 2.45) is 11.7 Å². The third-order valence-corrected chi connectivity index (χ3v) is 2.53. The Morgan fingerprint density at radius 3 is 2.64 bits per heavy atom. The van der Waals surface area contributed by atoms with E-state index in [-0.39, 0.29) is 0 Å². The van der Waals surface area contributed by atoms with Crippen LogP contribution in [-0.2, 0) is 4.84 Å². The van der Waals surface area contributed by atoms with Gasteiger partial charge in [-0.15, -0.1) is 0 Å². The van der Waals surface area contributed by atoms with Gasteiger partial charge < -0.3 is 10.6 Å². The van der Waals surface area contributed by atoms with Crippen LogP contribution >= 0.6 is 0 Å². The van der Waals surface area contributed by atoms with Gasteiger partial charge in [0.05, 0.1) is 7.11 Å². The van der Waals surface area contributed by atoms with E-state index in [4.69, 9.17) is 10.6 Å². The van der Waals surface area contributed by atoms with Gasteiger partial charge in [-0.25, -0.2) is 0 Å². The van der Waals surface area contributed by atoms with Gasteiger partial charge in [0.25, 0.3) is 0 Å². The van der Waals surface area contributed by atoms with Gasteiger partial charge in [0, 0.05) is 19.6 Å². The molecule has 0 radical (unpaired) electrons. The molecule has 1 atom stereocenters. The zero-order valence-corrected chi connectivity index (χ0v) is 7.42. The molecule has 1 aliphatic rings. The Labute approximate surface area is 68.5 Å². The first kappa shape index (κ1) is 8.97. The highest BCUT2D eigenvalue weighted by atomic mass is 16.7. The van der Waals surface area contributed by atoms with Gasteiger partial charge in [-0.2, -0.15) is 5.06 Å². The summed E-state index contributed by atoms with van der Waals surface area (Å²) in [5, 5.41) is 1.79. The van der Waals surface area contributed by atoms with E-state index in [0.717, 1.165) is 12.5 Å². The summed E-state index contributed by atoms with van der Waals surface area (Å²) in [6, 6.07) is 0.300. The smallest absolute Gasteiger partial charge is 0.0575 e. The van der Waals surface area contributed by atoms with Crippen LogP contribution in [0.5, 0.6) is 0 Å². The SMILES string of the molecule is CON(C)CC(N)C1CCC1. The van der Waals surface area contributed by atoms with Gasteiger partial charge in [-0.3, -0.25) is 0 Å². The molecule has 0 bridgehead atoms. The van der Waals surface area contributed by atoms with E-state index in [1.54, 1.807) is 12.2 Å². The van der Waals surface area contributed by atoms with Crippen LogP contribution in [0.25, 0.3) is 0 Å². The minimum absolute atomic E-state index is 0.300. The van der Waals surface area contributed by atoms with E-state index in [1.165, 1.54) is 19.3 Å². The number of hydrogen-bond donors (Lipinski definition) is 1. The Morgan fingerprint density at radius 2 is 2.27 bits per heavy atom. The second kappa shape index (κ2) is 4.04. The van der Waals surface area contributed by atoms with Crippen molar-refractivity contribution in [3.8, 4) is 0 Å². The summed E-state index contributed by atoms with van der Waals surface area (Å²) in [4.78, 5) is 4.99. The number of hydroxylamine groups is 2. The lowest BCUT2D eigenvalue weighted by Crippen LogP contribution is -2.42. The highest BCUT2D eigenvalue weighted by Crippen LogP contribution is 2.28. The zero-order chi connectivity index (χ0) is 8.27. The highest BCUT2D eigenvalue weighted by Gasteiger charge is 2.24. The van der Waals surface area contributed by atoms with Crippen molar-refractivity contribution in [2.45, 2.75) is 25.3 Å². The summed E-state index contributed by atoms with van der Waals surface area (Å²) in [5.74, 6) is 0.743.